The van der Waals surface area contributed by atoms with Crippen LogP contribution in [0.1, 0.15) is 0 Å². The summed E-state index contributed by atoms with van der Waals surface area (Å²) in [5, 5.41) is 6.79. The van der Waals surface area contributed by atoms with Crippen molar-refractivity contribution in [3.05, 3.63) is 0 Å². The van der Waals surface area contributed by atoms with Crippen molar-refractivity contribution in [2.75, 3.05) is 26.3 Å². The standard InChI is InChI=1S/C6H12N2O/c1-2-8-6-4-9-3-5(6)7-1/h5-8H,1-4H2/t5-,6-/m1/s1. The van der Waals surface area contributed by atoms with Crippen molar-refractivity contribution in [3.63, 3.8) is 0 Å². The summed E-state index contributed by atoms with van der Waals surface area (Å²) in [5.41, 5.74) is 0. The summed E-state index contributed by atoms with van der Waals surface area (Å²) in [4.78, 5) is 0. The molecule has 52 valence electrons. The van der Waals surface area contributed by atoms with Gasteiger partial charge in [-0.05, 0) is 0 Å². The highest BCUT2D eigenvalue weighted by molar-refractivity contribution is 4.90. The molecule has 0 bridgehead atoms. The number of rotatable bonds is 0. The third-order valence-electron chi connectivity index (χ3n) is 2.02. The Morgan fingerprint density at radius 2 is 1.56 bits per heavy atom. The fraction of sp³-hybridized carbons (Fsp3) is 1.00. The second-order valence-electron chi connectivity index (χ2n) is 2.66. The van der Waals surface area contributed by atoms with Crippen molar-refractivity contribution in [1.29, 1.82) is 0 Å². The van der Waals surface area contributed by atoms with E-state index in [4.69, 9.17) is 4.74 Å². The lowest BCUT2D eigenvalue weighted by atomic mass is 10.1. The van der Waals surface area contributed by atoms with E-state index in [0.29, 0.717) is 12.1 Å². The molecular weight excluding hydrogens is 116 g/mol. The molecule has 2 N–H and O–H groups in total. The third-order valence-corrected chi connectivity index (χ3v) is 2.02. The molecule has 3 heteroatoms. The molecule has 0 aliphatic carbocycles. The second kappa shape index (κ2) is 2.25. The molecule has 0 amide bonds. The zero-order chi connectivity index (χ0) is 6.10. The molecule has 3 nitrogen and oxygen atoms in total. The Kier molecular flexibility index (Phi) is 1.41. The largest absolute Gasteiger partial charge is 0.378 e. The highest BCUT2D eigenvalue weighted by Crippen LogP contribution is 2.06. The van der Waals surface area contributed by atoms with Gasteiger partial charge in [0, 0.05) is 25.2 Å². The molecule has 2 fully saturated rings. The van der Waals surface area contributed by atoms with E-state index in [1.165, 1.54) is 0 Å². The zero-order valence-electron chi connectivity index (χ0n) is 5.39. The Labute approximate surface area is 54.8 Å². The van der Waals surface area contributed by atoms with Crippen LogP contribution in [0.25, 0.3) is 0 Å². The first-order chi connectivity index (χ1) is 4.47. The van der Waals surface area contributed by atoms with E-state index in [9.17, 15) is 0 Å². The van der Waals surface area contributed by atoms with E-state index < -0.39 is 0 Å². The lowest BCUT2D eigenvalue weighted by Crippen LogP contribution is -2.55. The Morgan fingerprint density at radius 3 is 2.11 bits per heavy atom. The van der Waals surface area contributed by atoms with Gasteiger partial charge in [-0.2, -0.15) is 0 Å². The van der Waals surface area contributed by atoms with Gasteiger partial charge in [0.1, 0.15) is 0 Å². The summed E-state index contributed by atoms with van der Waals surface area (Å²) in [6.07, 6.45) is 0. The summed E-state index contributed by atoms with van der Waals surface area (Å²) in [5.74, 6) is 0. The van der Waals surface area contributed by atoms with Gasteiger partial charge in [0.05, 0.1) is 13.2 Å². The van der Waals surface area contributed by atoms with Crippen LogP contribution in [0.4, 0.5) is 0 Å². The van der Waals surface area contributed by atoms with E-state index >= 15 is 0 Å². The Morgan fingerprint density at radius 1 is 1.00 bits per heavy atom. The molecule has 9 heavy (non-hydrogen) atoms. The van der Waals surface area contributed by atoms with E-state index in [0.717, 1.165) is 26.3 Å². The first-order valence-electron chi connectivity index (χ1n) is 3.51. The first-order valence-corrected chi connectivity index (χ1v) is 3.51. The van der Waals surface area contributed by atoms with E-state index in [1.807, 2.05) is 0 Å². The minimum absolute atomic E-state index is 0.582. The van der Waals surface area contributed by atoms with Gasteiger partial charge in [-0.1, -0.05) is 0 Å². The zero-order valence-corrected chi connectivity index (χ0v) is 5.39. The fourth-order valence-corrected chi connectivity index (χ4v) is 1.47. The molecule has 0 aromatic rings. The van der Waals surface area contributed by atoms with Crippen molar-refractivity contribution >= 4 is 0 Å². The van der Waals surface area contributed by atoms with E-state index in [2.05, 4.69) is 10.6 Å². The number of piperazine rings is 1. The maximum Gasteiger partial charge on any atom is 0.0636 e. The van der Waals surface area contributed by atoms with E-state index in [1.54, 1.807) is 0 Å². The molecule has 0 aromatic heterocycles. The number of fused-ring (bicyclic) bond motifs is 1. The van der Waals surface area contributed by atoms with E-state index in [-0.39, 0.29) is 0 Å². The number of hydrogen-bond acceptors (Lipinski definition) is 3. The van der Waals surface area contributed by atoms with Crippen molar-refractivity contribution in [2.45, 2.75) is 12.1 Å². The predicted octanol–water partition coefficient (Wildman–Crippen LogP) is -1.05. The van der Waals surface area contributed by atoms with Crippen molar-refractivity contribution in [3.8, 4) is 0 Å². The van der Waals surface area contributed by atoms with Gasteiger partial charge in [0.15, 0.2) is 0 Å². The molecule has 2 rings (SSSR count). The molecule has 2 heterocycles. The van der Waals surface area contributed by atoms with Gasteiger partial charge in [0.2, 0.25) is 0 Å². The molecule has 2 atom stereocenters. The quantitative estimate of drug-likeness (QED) is 0.436. The first kappa shape index (κ1) is 5.65. The third kappa shape index (κ3) is 0.956. The average molecular weight is 128 g/mol. The Balaban J connectivity index is 1.97. The monoisotopic (exact) mass is 128 g/mol. The van der Waals surface area contributed by atoms with Crippen molar-refractivity contribution in [2.24, 2.45) is 0 Å². The molecular formula is C6H12N2O. The topological polar surface area (TPSA) is 33.3 Å². The predicted molar refractivity (Wildman–Crippen MR) is 34.4 cm³/mol. The molecule has 0 spiro atoms. The number of ether oxygens (including phenoxy) is 1. The summed E-state index contributed by atoms with van der Waals surface area (Å²) in [6.45, 7) is 3.95. The Hall–Kier alpha value is -0.120. The highest BCUT2D eigenvalue weighted by atomic mass is 16.5. The summed E-state index contributed by atoms with van der Waals surface area (Å²) < 4.78 is 5.27. The van der Waals surface area contributed by atoms with Crippen molar-refractivity contribution < 1.29 is 4.74 Å². The highest BCUT2D eigenvalue weighted by Gasteiger charge is 2.29. The van der Waals surface area contributed by atoms with Crippen LogP contribution in [0.15, 0.2) is 0 Å². The fourth-order valence-electron chi connectivity index (χ4n) is 1.47. The Bertz CT molecular complexity index is 95.2. The lowest BCUT2D eigenvalue weighted by molar-refractivity contribution is 0.188. The normalized spacial score (nSPS) is 42.7. The van der Waals surface area contributed by atoms with Crippen LogP contribution in [0.3, 0.4) is 0 Å². The maximum atomic E-state index is 5.27. The molecule has 2 aliphatic heterocycles. The minimum Gasteiger partial charge on any atom is -0.378 e. The van der Waals surface area contributed by atoms with Gasteiger partial charge in [-0.15, -0.1) is 0 Å². The van der Waals surface area contributed by atoms with Gasteiger partial charge in [-0.3, -0.25) is 0 Å². The number of nitrogens with one attached hydrogen (secondary N) is 2. The average Bonchev–Trinajstić information content (AvgIpc) is 2.33. The van der Waals surface area contributed by atoms with Gasteiger partial charge >= 0.3 is 0 Å². The summed E-state index contributed by atoms with van der Waals surface area (Å²) >= 11 is 0. The second-order valence-corrected chi connectivity index (χ2v) is 2.66. The smallest absolute Gasteiger partial charge is 0.0636 e. The molecule has 0 aromatic carbocycles. The van der Waals surface area contributed by atoms with Crippen LogP contribution in [0.2, 0.25) is 0 Å². The van der Waals surface area contributed by atoms with Gasteiger partial charge in [-0.25, -0.2) is 0 Å². The van der Waals surface area contributed by atoms with Gasteiger partial charge < -0.3 is 15.4 Å². The SMILES string of the molecule is C1CN[C@@H]2COC[C@H]2N1. The van der Waals surface area contributed by atoms with Crippen molar-refractivity contribution in [1.82, 2.24) is 10.6 Å². The van der Waals surface area contributed by atoms with Crippen LogP contribution in [0, 0.1) is 0 Å². The van der Waals surface area contributed by atoms with Crippen LogP contribution in [-0.4, -0.2) is 38.4 Å². The summed E-state index contributed by atoms with van der Waals surface area (Å²) in [7, 11) is 0. The number of hydrogen-bond donors (Lipinski definition) is 2. The minimum atomic E-state index is 0.582. The molecule has 2 saturated heterocycles. The van der Waals surface area contributed by atoms with Crippen LogP contribution in [-0.2, 0) is 4.74 Å². The lowest BCUT2D eigenvalue weighted by Gasteiger charge is -2.25. The summed E-state index contributed by atoms with van der Waals surface area (Å²) in [6, 6.07) is 1.16. The molecule has 0 saturated carbocycles. The maximum absolute atomic E-state index is 5.27. The molecule has 2 aliphatic rings. The van der Waals surface area contributed by atoms with Crippen LogP contribution < -0.4 is 10.6 Å². The molecule has 0 radical (unpaired) electrons. The molecule has 0 unspecified atom stereocenters. The van der Waals surface area contributed by atoms with Crippen LogP contribution >= 0.6 is 0 Å². The van der Waals surface area contributed by atoms with Crippen LogP contribution in [0.5, 0.6) is 0 Å². The van der Waals surface area contributed by atoms with Gasteiger partial charge in [0.25, 0.3) is 0 Å².